The fourth-order valence-electron chi connectivity index (χ4n) is 4.27. The molecular weight excluding hydrogens is 352 g/mol. The predicted molar refractivity (Wildman–Crippen MR) is 110 cm³/mol. The molecule has 1 fully saturated rings. The van der Waals surface area contributed by atoms with Crippen LogP contribution in [0.4, 0.5) is 0 Å². The Labute approximate surface area is 166 Å². The third-order valence-corrected chi connectivity index (χ3v) is 5.65. The first-order valence-corrected chi connectivity index (χ1v) is 10.1. The van der Waals surface area contributed by atoms with Crippen molar-refractivity contribution in [2.75, 3.05) is 0 Å². The van der Waals surface area contributed by atoms with E-state index < -0.39 is 0 Å². The van der Waals surface area contributed by atoms with Crippen LogP contribution in [0.1, 0.15) is 55.8 Å². The van der Waals surface area contributed by atoms with Gasteiger partial charge in [-0.3, -0.25) is 10.2 Å². The van der Waals surface area contributed by atoms with Crippen molar-refractivity contribution in [1.29, 1.82) is 0 Å². The Morgan fingerprint density at radius 1 is 1.32 bits per heavy atom. The van der Waals surface area contributed by atoms with Gasteiger partial charge in [-0.1, -0.05) is 23.8 Å². The molecule has 3 N–H and O–H groups in total. The van der Waals surface area contributed by atoms with Crippen molar-refractivity contribution in [3.63, 3.8) is 0 Å². The lowest BCUT2D eigenvalue weighted by atomic mass is 9.95. The van der Waals surface area contributed by atoms with Crippen molar-refractivity contribution in [2.45, 2.75) is 71.2 Å². The molecule has 7 heteroatoms. The average Bonchev–Trinajstić information content (AvgIpc) is 3.24. The molecule has 28 heavy (non-hydrogen) atoms. The number of nitrogens with one attached hydrogen (secondary N) is 3. The lowest BCUT2D eigenvalue weighted by molar-refractivity contribution is -0.121. The smallest absolute Gasteiger partial charge is 0.220 e. The number of hydrazine groups is 1. The second kappa shape index (κ2) is 7.47. The van der Waals surface area contributed by atoms with Crippen LogP contribution in [0.25, 0.3) is 0 Å². The highest BCUT2D eigenvalue weighted by molar-refractivity contribution is 5.89. The first-order valence-electron chi connectivity index (χ1n) is 10.1. The minimum atomic E-state index is 0.0706. The fraction of sp³-hybridized carbons (Fsp3) is 0.524. The van der Waals surface area contributed by atoms with Crippen molar-refractivity contribution in [3.05, 3.63) is 47.3 Å². The largest absolute Gasteiger partial charge is 0.354 e. The summed E-state index contributed by atoms with van der Waals surface area (Å²) in [5.74, 6) is 0.997. The standard InChI is InChI=1S/C21H30N6O/c1-13(2)22-20(28)8-7-19-23-24-21-18-12-17(25-27(18)10-9-26(19)21)16-11-14(3)5-6-15(16)4/h5-6,9-11,13,17-18,21,24-25H,7-8,12H2,1-4H3,(H,22,28). The first-order chi connectivity index (χ1) is 13.4. The minimum Gasteiger partial charge on any atom is -0.354 e. The Balaban J connectivity index is 1.41. The van der Waals surface area contributed by atoms with Crippen LogP contribution in [0.5, 0.6) is 0 Å². The van der Waals surface area contributed by atoms with E-state index in [-0.39, 0.29) is 30.2 Å². The van der Waals surface area contributed by atoms with Gasteiger partial charge in [0.15, 0.2) is 0 Å². The summed E-state index contributed by atoms with van der Waals surface area (Å²) in [6.45, 7) is 8.27. The summed E-state index contributed by atoms with van der Waals surface area (Å²) in [4.78, 5) is 14.1. The monoisotopic (exact) mass is 382 g/mol. The molecule has 1 aromatic carbocycles. The molecule has 0 bridgehead atoms. The summed E-state index contributed by atoms with van der Waals surface area (Å²) in [5, 5.41) is 9.67. The maximum atomic E-state index is 12.0. The normalized spacial score (nSPS) is 25.5. The van der Waals surface area contributed by atoms with Crippen LogP contribution in [0.15, 0.2) is 35.7 Å². The highest BCUT2D eigenvalue weighted by Gasteiger charge is 2.44. The Hall–Kier alpha value is -2.54. The molecule has 0 saturated carbocycles. The summed E-state index contributed by atoms with van der Waals surface area (Å²) in [5.41, 5.74) is 10.9. The number of hydrazone groups is 1. The Kier molecular flexibility index (Phi) is 5.02. The molecule has 150 valence electrons. The number of hydrogen-bond donors (Lipinski definition) is 3. The fourth-order valence-corrected chi connectivity index (χ4v) is 4.27. The van der Waals surface area contributed by atoms with Gasteiger partial charge in [0.05, 0.1) is 12.1 Å². The van der Waals surface area contributed by atoms with Gasteiger partial charge in [-0.05, 0) is 45.2 Å². The molecule has 7 nitrogen and oxygen atoms in total. The van der Waals surface area contributed by atoms with Crippen molar-refractivity contribution >= 4 is 11.7 Å². The number of amides is 1. The molecule has 3 aliphatic rings. The van der Waals surface area contributed by atoms with Gasteiger partial charge < -0.3 is 15.2 Å². The van der Waals surface area contributed by atoms with Crippen LogP contribution in [0.2, 0.25) is 0 Å². The number of amidine groups is 1. The SMILES string of the molecule is Cc1ccc(C)c(C2CC3C4NN=C(CCC(=O)NC(C)C)N4C=CN3N2)c1. The quantitative estimate of drug-likeness (QED) is 0.729. The van der Waals surface area contributed by atoms with Crippen LogP contribution in [0, 0.1) is 13.8 Å². The molecule has 4 rings (SSSR count). The number of nitrogens with zero attached hydrogens (tertiary/aromatic N) is 3. The summed E-state index contributed by atoms with van der Waals surface area (Å²) >= 11 is 0. The Morgan fingerprint density at radius 3 is 2.93 bits per heavy atom. The van der Waals surface area contributed by atoms with Crippen molar-refractivity contribution in [1.82, 2.24) is 26.1 Å². The molecule has 0 aromatic heterocycles. The summed E-state index contributed by atoms with van der Waals surface area (Å²) < 4.78 is 0. The third kappa shape index (κ3) is 3.58. The van der Waals surface area contributed by atoms with Gasteiger partial charge in [0.2, 0.25) is 5.91 Å². The molecule has 0 radical (unpaired) electrons. The third-order valence-electron chi connectivity index (χ3n) is 5.65. The van der Waals surface area contributed by atoms with Crippen molar-refractivity contribution in [3.8, 4) is 0 Å². The topological polar surface area (TPSA) is 72.0 Å². The van der Waals surface area contributed by atoms with E-state index in [9.17, 15) is 4.79 Å². The summed E-state index contributed by atoms with van der Waals surface area (Å²) in [6, 6.07) is 7.38. The van der Waals surface area contributed by atoms with E-state index >= 15 is 0 Å². The highest BCUT2D eigenvalue weighted by atomic mass is 16.1. The number of benzene rings is 1. The molecule has 3 unspecified atom stereocenters. The van der Waals surface area contributed by atoms with E-state index in [1.165, 1.54) is 16.7 Å². The van der Waals surface area contributed by atoms with Gasteiger partial charge in [0.25, 0.3) is 0 Å². The highest BCUT2D eigenvalue weighted by Crippen LogP contribution is 2.35. The van der Waals surface area contributed by atoms with Crippen LogP contribution in [-0.2, 0) is 4.79 Å². The molecule has 1 amide bonds. The average molecular weight is 383 g/mol. The van der Waals surface area contributed by atoms with Gasteiger partial charge in [-0.2, -0.15) is 5.10 Å². The van der Waals surface area contributed by atoms with Crippen LogP contribution in [0.3, 0.4) is 0 Å². The maximum absolute atomic E-state index is 12.0. The van der Waals surface area contributed by atoms with Crippen LogP contribution < -0.4 is 16.2 Å². The van der Waals surface area contributed by atoms with Crippen LogP contribution in [-0.4, -0.2) is 39.9 Å². The zero-order chi connectivity index (χ0) is 19.8. The van der Waals surface area contributed by atoms with Gasteiger partial charge in [0.1, 0.15) is 12.0 Å². The Morgan fingerprint density at radius 2 is 2.14 bits per heavy atom. The van der Waals surface area contributed by atoms with E-state index in [2.05, 4.69) is 75.6 Å². The van der Waals surface area contributed by atoms with Gasteiger partial charge >= 0.3 is 0 Å². The van der Waals surface area contributed by atoms with Crippen LogP contribution >= 0.6 is 0 Å². The number of aryl methyl sites for hydroxylation is 2. The zero-order valence-electron chi connectivity index (χ0n) is 17.1. The summed E-state index contributed by atoms with van der Waals surface area (Å²) in [7, 11) is 0. The second-order valence-corrected chi connectivity index (χ2v) is 8.28. The molecule has 3 heterocycles. The second-order valence-electron chi connectivity index (χ2n) is 8.28. The molecular formula is C21H30N6O. The Bertz CT molecular complexity index is 817. The van der Waals surface area contributed by atoms with Gasteiger partial charge in [0, 0.05) is 31.3 Å². The number of carbonyl (C=O) groups excluding carboxylic acids is 1. The van der Waals surface area contributed by atoms with E-state index in [1.807, 2.05) is 13.8 Å². The molecule has 0 aliphatic carbocycles. The lowest BCUT2D eigenvalue weighted by Gasteiger charge is -2.37. The number of fused-ring (bicyclic) bond motifs is 3. The van der Waals surface area contributed by atoms with E-state index in [1.54, 1.807) is 0 Å². The van der Waals surface area contributed by atoms with E-state index in [0.717, 1.165) is 12.3 Å². The van der Waals surface area contributed by atoms with Gasteiger partial charge in [-0.25, -0.2) is 5.43 Å². The maximum Gasteiger partial charge on any atom is 0.220 e. The molecule has 1 saturated heterocycles. The number of hydrogen-bond acceptors (Lipinski definition) is 6. The van der Waals surface area contributed by atoms with E-state index in [0.29, 0.717) is 12.8 Å². The minimum absolute atomic E-state index is 0.0706. The predicted octanol–water partition coefficient (Wildman–Crippen LogP) is 2.26. The summed E-state index contributed by atoms with van der Waals surface area (Å²) in [6.07, 6.45) is 6.32. The molecule has 0 spiro atoms. The molecule has 1 aromatic rings. The zero-order valence-corrected chi connectivity index (χ0v) is 17.1. The van der Waals surface area contributed by atoms with Crippen molar-refractivity contribution in [2.24, 2.45) is 5.10 Å². The number of rotatable bonds is 5. The first kappa shape index (κ1) is 18.8. The molecule has 3 atom stereocenters. The molecule has 3 aliphatic heterocycles. The lowest BCUT2D eigenvalue weighted by Crippen LogP contribution is -2.54. The van der Waals surface area contributed by atoms with E-state index in [4.69, 9.17) is 0 Å². The number of carbonyl (C=O) groups is 1. The van der Waals surface area contributed by atoms with Crippen molar-refractivity contribution < 1.29 is 4.79 Å². The van der Waals surface area contributed by atoms with Gasteiger partial charge in [-0.15, -0.1) is 0 Å².